The van der Waals surface area contributed by atoms with Crippen molar-refractivity contribution in [3.05, 3.63) is 101 Å². The Labute approximate surface area is 210 Å². The van der Waals surface area contributed by atoms with Gasteiger partial charge in [-0.05, 0) is 18.1 Å². The lowest BCUT2D eigenvalue weighted by Gasteiger charge is -2.53. The minimum atomic E-state index is -1.14. The average Bonchev–Trinajstić information content (AvgIpc) is 3.31. The molecule has 6 atom stereocenters. The second-order valence-corrected chi connectivity index (χ2v) is 9.47. The molecule has 0 radical (unpaired) electrons. The summed E-state index contributed by atoms with van der Waals surface area (Å²) >= 11 is 0. The van der Waals surface area contributed by atoms with Crippen LogP contribution in [-0.2, 0) is 47.2 Å². The van der Waals surface area contributed by atoms with Crippen molar-refractivity contribution in [1.82, 2.24) is 0 Å². The van der Waals surface area contributed by atoms with E-state index >= 15 is 0 Å². The Balaban J connectivity index is 1.42. The summed E-state index contributed by atoms with van der Waals surface area (Å²) in [7, 11) is 1.59. The van der Waals surface area contributed by atoms with Crippen molar-refractivity contribution in [1.29, 1.82) is 0 Å². The van der Waals surface area contributed by atoms with Gasteiger partial charge in [-0.3, -0.25) is 0 Å². The number of aryl methyl sites for hydroxylation is 1. The summed E-state index contributed by atoms with van der Waals surface area (Å²) in [5.41, 5.74) is 3.11. The molecule has 3 aliphatic heterocycles. The molecule has 1 unspecified atom stereocenters. The average molecular weight is 491 g/mol. The van der Waals surface area contributed by atoms with E-state index in [9.17, 15) is 5.11 Å². The van der Waals surface area contributed by atoms with Crippen LogP contribution in [0.25, 0.3) is 0 Å². The number of methoxy groups -OCH3 is 1. The zero-order chi connectivity index (χ0) is 24.7. The highest BCUT2D eigenvalue weighted by molar-refractivity contribution is 5.50. The Bertz CT molecular complexity index is 1200. The second-order valence-electron chi connectivity index (χ2n) is 9.47. The van der Waals surface area contributed by atoms with E-state index in [1.54, 1.807) is 7.11 Å². The molecule has 6 rings (SSSR count). The van der Waals surface area contributed by atoms with Crippen LogP contribution in [0, 0.1) is 6.92 Å². The lowest BCUT2D eigenvalue weighted by molar-refractivity contribution is -0.398. The van der Waals surface area contributed by atoms with Crippen molar-refractivity contribution in [3.63, 3.8) is 0 Å². The molecule has 36 heavy (non-hydrogen) atoms. The van der Waals surface area contributed by atoms with Crippen molar-refractivity contribution in [2.45, 2.75) is 56.6 Å². The van der Waals surface area contributed by atoms with E-state index < -0.39 is 36.5 Å². The van der Waals surface area contributed by atoms with Gasteiger partial charge in [-0.25, -0.2) is 0 Å². The first-order valence-corrected chi connectivity index (χ1v) is 12.2. The van der Waals surface area contributed by atoms with Crippen LogP contribution in [0.15, 0.2) is 72.8 Å². The topological polar surface area (TPSA) is 75.6 Å². The Morgan fingerprint density at radius 2 is 1.72 bits per heavy atom. The smallest absolute Gasteiger partial charge is 0.193 e. The summed E-state index contributed by atoms with van der Waals surface area (Å²) < 4.78 is 38.1. The monoisotopic (exact) mass is 490 g/mol. The Morgan fingerprint density at radius 1 is 0.972 bits per heavy atom. The van der Waals surface area contributed by atoms with E-state index in [2.05, 4.69) is 0 Å². The van der Waals surface area contributed by atoms with Crippen molar-refractivity contribution in [2.24, 2.45) is 0 Å². The Morgan fingerprint density at radius 3 is 2.47 bits per heavy atom. The van der Waals surface area contributed by atoms with Gasteiger partial charge in [-0.15, -0.1) is 0 Å². The minimum absolute atomic E-state index is 0.216. The fourth-order valence-electron chi connectivity index (χ4n) is 5.53. The first kappa shape index (κ1) is 23.6. The molecule has 0 saturated carbocycles. The van der Waals surface area contributed by atoms with Gasteiger partial charge in [-0.2, -0.15) is 0 Å². The molecule has 3 aromatic rings. The van der Waals surface area contributed by atoms with Crippen molar-refractivity contribution in [3.8, 4) is 5.75 Å². The Kier molecular flexibility index (Phi) is 6.29. The fourth-order valence-corrected chi connectivity index (χ4v) is 5.53. The number of hydrogen-bond acceptors (Lipinski definition) is 7. The summed E-state index contributed by atoms with van der Waals surface area (Å²) in [5.74, 6) is 0.221. The van der Waals surface area contributed by atoms with E-state index in [1.807, 2.05) is 79.7 Å². The van der Waals surface area contributed by atoms with Crippen LogP contribution in [0.2, 0.25) is 0 Å². The number of fused-ring (bicyclic) bond motifs is 3. The summed E-state index contributed by atoms with van der Waals surface area (Å²) in [4.78, 5) is 0. The van der Waals surface area contributed by atoms with Gasteiger partial charge in [0.25, 0.3) is 0 Å². The van der Waals surface area contributed by atoms with Crippen molar-refractivity contribution in [2.75, 3.05) is 13.7 Å². The van der Waals surface area contributed by atoms with Gasteiger partial charge in [0, 0.05) is 23.8 Å². The van der Waals surface area contributed by atoms with Gasteiger partial charge in [0.2, 0.25) is 0 Å². The van der Waals surface area contributed by atoms with Crippen LogP contribution in [-0.4, -0.2) is 43.4 Å². The highest BCUT2D eigenvalue weighted by Crippen LogP contribution is 2.53. The third kappa shape index (κ3) is 3.84. The number of aromatic hydroxyl groups is 1. The van der Waals surface area contributed by atoms with E-state index in [0.717, 1.165) is 27.8 Å². The van der Waals surface area contributed by atoms with E-state index in [-0.39, 0.29) is 12.4 Å². The number of phenolic OH excluding ortho intramolecular Hbond substituents is 1. The molecule has 2 fully saturated rings. The first-order valence-electron chi connectivity index (χ1n) is 12.2. The van der Waals surface area contributed by atoms with Gasteiger partial charge in [0.1, 0.15) is 24.1 Å². The van der Waals surface area contributed by atoms with E-state index in [4.69, 9.17) is 28.4 Å². The van der Waals surface area contributed by atoms with Crippen LogP contribution >= 0.6 is 0 Å². The molecule has 3 aromatic carbocycles. The summed E-state index contributed by atoms with van der Waals surface area (Å²) in [6.45, 7) is 2.76. The molecule has 2 saturated heterocycles. The number of hydrogen-bond donors (Lipinski definition) is 1. The fraction of sp³-hybridized carbons (Fsp3) is 0.379. The third-order valence-corrected chi connectivity index (χ3v) is 7.35. The molecule has 7 heteroatoms. The molecule has 0 aromatic heterocycles. The quantitative estimate of drug-likeness (QED) is 0.565. The number of benzene rings is 3. The van der Waals surface area contributed by atoms with Crippen LogP contribution in [0.5, 0.6) is 5.75 Å². The lowest BCUT2D eigenvalue weighted by Crippen LogP contribution is -2.67. The zero-order valence-corrected chi connectivity index (χ0v) is 20.3. The summed E-state index contributed by atoms with van der Waals surface area (Å²) in [6, 6.07) is 23.7. The molecule has 0 aliphatic carbocycles. The molecular formula is C29H30O7. The maximum Gasteiger partial charge on any atom is 0.193 e. The normalized spacial score (nSPS) is 31.2. The first-order chi connectivity index (χ1) is 17.6. The maximum absolute atomic E-state index is 10.9. The highest BCUT2D eigenvalue weighted by Gasteiger charge is 2.64. The predicted octanol–water partition coefficient (Wildman–Crippen LogP) is 4.50. The number of ether oxygens (including phenoxy) is 6. The highest BCUT2D eigenvalue weighted by atomic mass is 16.8. The van der Waals surface area contributed by atoms with Crippen molar-refractivity contribution >= 4 is 0 Å². The van der Waals surface area contributed by atoms with Crippen LogP contribution in [0.3, 0.4) is 0 Å². The summed E-state index contributed by atoms with van der Waals surface area (Å²) in [5, 5.41) is 10.9. The molecule has 3 heterocycles. The molecule has 0 bridgehead atoms. The number of phenols is 1. The standard InChI is InChI=1S/C29H30O7/c1-18-13-14-22-21(24(18)30)16-34-29(22)26(32-15-19-9-5-3-6-10-19)25-23(35-28(29)31-2)17-33-27(36-25)20-11-7-4-8-12-20/h3-14,23,25-28,30H,15-17H2,1-2H3/t23-,25-,26+,27?,28+,29+/m1/s1. The molecule has 3 aliphatic rings. The predicted molar refractivity (Wildman–Crippen MR) is 130 cm³/mol. The third-order valence-electron chi connectivity index (χ3n) is 7.35. The maximum atomic E-state index is 10.9. The van der Waals surface area contributed by atoms with Gasteiger partial charge in [0.15, 0.2) is 18.2 Å². The van der Waals surface area contributed by atoms with Gasteiger partial charge in [0.05, 0.1) is 19.8 Å². The van der Waals surface area contributed by atoms with E-state index in [1.165, 1.54) is 0 Å². The largest absolute Gasteiger partial charge is 0.507 e. The molecule has 188 valence electrons. The van der Waals surface area contributed by atoms with Gasteiger partial charge < -0.3 is 33.5 Å². The lowest BCUT2D eigenvalue weighted by atomic mass is 9.79. The van der Waals surface area contributed by atoms with Crippen molar-refractivity contribution < 1.29 is 33.5 Å². The Hall–Kier alpha value is -2.78. The molecule has 1 spiro atoms. The molecule has 7 nitrogen and oxygen atoms in total. The molecular weight excluding hydrogens is 460 g/mol. The zero-order valence-electron chi connectivity index (χ0n) is 20.3. The van der Waals surface area contributed by atoms with Crippen LogP contribution < -0.4 is 0 Å². The van der Waals surface area contributed by atoms with Gasteiger partial charge in [-0.1, -0.05) is 72.8 Å². The SMILES string of the molecule is CO[C@H]1O[C@@H]2COC(c3ccccc3)O[C@H]2[C@H](OCc2ccccc2)[C@]12OCc1c2ccc(C)c1O. The summed E-state index contributed by atoms with van der Waals surface area (Å²) in [6.07, 6.45) is -2.88. The van der Waals surface area contributed by atoms with Crippen LogP contribution in [0.4, 0.5) is 0 Å². The minimum Gasteiger partial charge on any atom is -0.507 e. The molecule has 0 amide bonds. The van der Waals surface area contributed by atoms with E-state index in [0.29, 0.717) is 13.2 Å². The number of rotatable bonds is 5. The second kappa shape index (κ2) is 9.59. The molecule has 1 N–H and O–H groups in total. The van der Waals surface area contributed by atoms with Crippen LogP contribution in [0.1, 0.15) is 34.1 Å². The van der Waals surface area contributed by atoms with Gasteiger partial charge >= 0.3 is 0 Å².